The van der Waals surface area contributed by atoms with Crippen LogP contribution in [0, 0.1) is 19.3 Å². The summed E-state index contributed by atoms with van der Waals surface area (Å²) >= 11 is 0. The molecule has 0 radical (unpaired) electrons. The van der Waals surface area contributed by atoms with Gasteiger partial charge in [0.15, 0.2) is 0 Å². The number of aliphatic carboxylic acids is 1. The fraction of sp³-hybridized carbons (Fsp3) is 0.476. The molecule has 1 amide bonds. The lowest BCUT2D eigenvalue weighted by Gasteiger charge is -2.33. The fourth-order valence-electron chi connectivity index (χ4n) is 3.82. The topological polar surface area (TPSA) is 84.2 Å². The number of rotatable bonds is 6. The van der Waals surface area contributed by atoms with Crippen molar-refractivity contribution >= 4 is 11.9 Å². The van der Waals surface area contributed by atoms with Crippen LogP contribution in [0.3, 0.4) is 0 Å². The monoisotopic (exact) mass is 369 g/mol. The number of amides is 1. The van der Waals surface area contributed by atoms with Crippen molar-refractivity contribution in [3.8, 4) is 0 Å². The lowest BCUT2D eigenvalue weighted by molar-refractivity contribution is -0.150. The first-order chi connectivity index (χ1) is 12.9. The Kier molecular flexibility index (Phi) is 5.63. The molecule has 1 saturated carbocycles. The highest BCUT2D eigenvalue weighted by atomic mass is 16.4. The van der Waals surface area contributed by atoms with Gasteiger partial charge < -0.3 is 10.4 Å². The summed E-state index contributed by atoms with van der Waals surface area (Å²) in [7, 11) is 0. The molecule has 1 aliphatic carbocycles. The van der Waals surface area contributed by atoms with Gasteiger partial charge in [0, 0.05) is 17.8 Å². The van der Waals surface area contributed by atoms with Crippen molar-refractivity contribution in [2.45, 2.75) is 52.5 Å². The summed E-state index contributed by atoms with van der Waals surface area (Å²) in [4.78, 5) is 24.2. The molecule has 1 aromatic carbocycles. The van der Waals surface area contributed by atoms with Gasteiger partial charge in [0.25, 0.3) is 5.91 Å². The molecule has 0 atom stereocenters. The number of nitrogens with one attached hydrogen (secondary N) is 1. The van der Waals surface area contributed by atoms with Crippen molar-refractivity contribution < 1.29 is 14.7 Å². The van der Waals surface area contributed by atoms with Crippen LogP contribution in [0.5, 0.6) is 0 Å². The van der Waals surface area contributed by atoms with E-state index in [1.165, 1.54) is 0 Å². The van der Waals surface area contributed by atoms with Gasteiger partial charge >= 0.3 is 5.97 Å². The Balaban J connectivity index is 1.62. The highest BCUT2D eigenvalue weighted by molar-refractivity contribution is 5.94. The minimum absolute atomic E-state index is 0.189. The molecule has 6 nitrogen and oxygen atoms in total. The third-order valence-electron chi connectivity index (χ3n) is 5.50. The molecule has 1 heterocycles. The van der Waals surface area contributed by atoms with E-state index in [1.54, 1.807) is 12.1 Å². The van der Waals surface area contributed by atoms with Gasteiger partial charge in [-0.3, -0.25) is 14.3 Å². The van der Waals surface area contributed by atoms with Gasteiger partial charge in [0.1, 0.15) is 0 Å². The van der Waals surface area contributed by atoms with E-state index in [-0.39, 0.29) is 12.5 Å². The predicted molar refractivity (Wildman–Crippen MR) is 103 cm³/mol. The summed E-state index contributed by atoms with van der Waals surface area (Å²) in [6.07, 6.45) is 4.14. The maximum absolute atomic E-state index is 12.5. The lowest BCUT2D eigenvalue weighted by Crippen LogP contribution is -2.44. The fourth-order valence-corrected chi connectivity index (χ4v) is 3.82. The summed E-state index contributed by atoms with van der Waals surface area (Å²) in [5, 5.41) is 16.9. The molecule has 144 valence electrons. The van der Waals surface area contributed by atoms with E-state index in [0.29, 0.717) is 24.9 Å². The average molecular weight is 369 g/mol. The molecular weight excluding hydrogens is 342 g/mol. The minimum atomic E-state index is -0.816. The third kappa shape index (κ3) is 4.38. The van der Waals surface area contributed by atoms with Crippen molar-refractivity contribution in [3.63, 3.8) is 0 Å². The Labute approximate surface area is 159 Å². The molecule has 1 aromatic heterocycles. The van der Waals surface area contributed by atoms with E-state index >= 15 is 0 Å². The van der Waals surface area contributed by atoms with E-state index in [9.17, 15) is 14.7 Å². The molecule has 0 unspecified atom stereocenters. The summed E-state index contributed by atoms with van der Waals surface area (Å²) in [5.74, 6) is -1.03. The number of aryl methyl sites for hydroxylation is 2. The van der Waals surface area contributed by atoms with Crippen LogP contribution in [0.2, 0.25) is 0 Å². The third-order valence-corrected chi connectivity index (χ3v) is 5.50. The zero-order valence-corrected chi connectivity index (χ0v) is 16.0. The molecule has 0 saturated heterocycles. The molecule has 0 spiro atoms. The molecule has 2 aromatic rings. The van der Waals surface area contributed by atoms with Gasteiger partial charge in [-0.15, -0.1) is 0 Å². The molecule has 3 rings (SSSR count). The number of hydrogen-bond donors (Lipinski definition) is 2. The second kappa shape index (κ2) is 7.94. The van der Waals surface area contributed by atoms with Crippen LogP contribution < -0.4 is 5.32 Å². The highest BCUT2D eigenvalue weighted by Gasteiger charge is 2.39. The van der Waals surface area contributed by atoms with Gasteiger partial charge in [-0.25, -0.2) is 0 Å². The Morgan fingerprint density at radius 1 is 1.15 bits per heavy atom. The predicted octanol–water partition coefficient (Wildman–Crippen LogP) is 3.31. The number of hydrogen-bond acceptors (Lipinski definition) is 3. The molecule has 6 heteroatoms. The lowest BCUT2D eigenvalue weighted by atomic mass is 9.74. The number of benzene rings is 1. The molecule has 0 bridgehead atoms. The van der Waals surface area contributed by atoms with Gasteiger partial charge in [0.2, 0.25) is 0 Å². The first-order valence-corrected chi connectivity index (χ1v) is 9.51. The number of carboxylic acid groups (broad SMARTS) is 1. The van der Waals surface area contributed by atoms with E-state index < -0.39 is 11.4 Å². The maximum atomic E-state index is 12.5. The second-order valence-electron chi connectivity index (χ2n) is 7.61. The van der Waals surface area contributed by atoms with E-state index in [0.717, 1.165) is 36.2 Å². The van der Waals surface area contributed by atoms with Crippen molar-refractivity contribution in [3.05, 3.63) is 52.8 Å². The standard InChI is InChI=1S/C21H27N3O3/c1-15-12-16(2)24(23-15)13-17-6-8-18(9-7-17)19(25)22-14-21(20(26)27)10-4-3-5-11-21/h6-9,12H,3-5,10-11,13-14H2,1-2H3,(H,22,25)(H,26,27). The Bertz CT molecular complexity index is 818. The SMILES string of the molecule is Cc1cc(C)n(Cc2ccc(C(=O)NCC3(C(=O)O)CCCCC3)cc2)n1. The largest absolute Gasteiger partial charge is 0.481 e. The highest BCUT2D eigenvalue weighted by Crippen LogP contribution is 2.36. The van der Waals surface area contributed by atoms with E-state index in [2.05, 4.69) is 10.4 Å². The van der Waals surface area contributed by atoms with Crippen LogP contribution in [-0.4, -0.2) is 33.3 Å². The van der Waals surface area contributed by atoms with Crippen LogP contribution in [0.25, 0.3) is 0 Å². The van der Waals surface area contributed by atoms with Crippen LogP contribution in [0.1, 0.15) is 59.4 Å². The molecule has 27 heavy (non-hydrogen) atoms. The maximum Gasteiger partial charge on any atom is 0.311 e. The number of carbonyl (C=O) groups is 2. The first-order valence-electron chi connectivity index (χ1n) is 9.51. The number of carboxylic acids is 1. The average Bonchev–Trinajstić information content (AvgIpc) is 2.98. The van der Waals surface area contributed by atoms with E-state index in [4.69, 9.17) is 0 Å². The normalized spacial score (nSPS) is 16.1. The molecule has 1 fully saturated rings. The second-order valence-corrected chi connectivity index (χ2v) is 7.61. The van der Waals surface area contributed by atoms with Crippen molar-refractivity contribution in [2.24, 2.45) is 5.41 Å². The van der Waals surface area contributed by atoms with Crippen molar-refractivity contribution in [1.29, 1.82) is 0 Å². The quantitative estimate of drug-likeness (QED) is 0.818. The first kappa shape index (κ1) is 19.1. The van der Waals surface area contributed by atoms with Gasteiger partial charge in [-0.2, -0.15) is 5.10 Å². The van der Waals surface area contributed by atoms with Crippen LogP contribution in [0.4, 0.5) is 0 Å². The Morgan fingerprint density at radius 2 is 1.81 bits per heavy atom. The number of carbonyl (C=O) groups excluding carboxylic acids is 1. The van der Waals surface area contributed by atoms with Crippen LogP contribution in [0.15, 0.2) is 30.3 Å². The summed E-state index contributed by atoms with van der Waals surface area (Å²) in [6, 6.07) is 9.43. The summed E-state index contributed by atoms with van der Waals surface area (Å²) in [6.45, 7) is 4.83. The van der Waals surface area contributed by atoms with Gasteiger partial charge in [-0.05, 0) is 50.5 Å². The number of nitrogens with zero attached hydrogens (tertiary/aromatic N) is 2. The van der Waals surface area contributed by atoms with E-state index in [1.807, 2.05) is 36.7 Å². The van der Waals surface area contributed by atoms with Crippen LogP contribution in [-0.2, 0) is 11.3 Å². The minimum Gasteiger partial charge on any atom is -0.481 e. The smallest absolute Gasteiger partial charge is 0.311 e. The zero-order chi connectivity index (χ0) is 19.4. The molecular formula is C21H27N3O3. The van der Waals surface area contributed by atoms with Gasteiger partial charge in [-0.1, -0.05) is 31.4 Å². The summed E-state index contributed by atoms with van der Waals surface area (Å²) in [5.41, 5.74) is 2.87. The Hall–Kier alpha value is -2.63. The van der Waals surface area contributed by atoms with Crippen LogP contribution >= 0.6 is 0 Å². The van der Waals surface area contributed by atoms with Crippen molar-refractivity contribution in [2.75, 3.05) is 6.54 Å². The summed E-state index contributed by atoms with van der Waals surface area (Å²) < 4.78 is 1.93. The molecule has 0 aliphatic heterocycles. The number of aromatic nitrogens is 2. The van der Waals surface area contributed by atoms with Gasteiger partial charge in [0.05, 0.1) is 17.7 Å². The van der Waals surface area contributed by atoms with Crippen molar-refractivity contribution in [1.82, 2.24) is 15.1 Å². The zero-order valence-electron chi connectivity index (χ0n) is 16.0. The Morgan fingerprint density at radius 3 is 2.37 bits per heavy atom. The molecule has 2 N–H and O–H groups in total. The molecule has 1 aliphatic rings.